The van der Waals surface area contributed by atoms with Gasteiger partial charge in [0.25, 0.3) is 0 Å². The molecule has 3 heterocycles. The van der Waals surface area contributed by atoms with Gasteiger partial charge in [0.1, 0.15) is 0 Å². The molecule has 104 valence electrons. The molecule has 21 heavy (non-hydrogen) atoms. The molecular weight excluding hydrogens is 286 g/mol. The number of nitrogens with one attached hydrogen (secondary N) is 1. The normalized spacial score (nSPS) is 11.1. The topological polar surface area (TPSA) is 68.2 Å². The van der Waals surface area contributed by atoms with E-state index < -0.39 is 0 Å². The van der Waals surface area contributed by atoms with Crippen LogP contribution < -0.4 is 5.32 Å². The molecule has 0 atom stereocenters. The van der Waals surface area contributed by atoms with Gasteiger partial charge < -0.3 is 9.73 Å². The molecule has 6 nitrogen and oxygen atoms in total. The first-order valence-electron chi connectivity index (χ1n) is 6.39. The number of aryl methyl sites for hydroxylation is 1. The highest BCUT2D eigenvalue weighted by atomic mass is 32.1. The van der Waals surface area contributed by atoms with E-state index in [1.165, 1.54) is 16.9 Å². The molecule has 0 bridgehead atoms. The number of hydrogen-bond acceptors (Lipinski definition) is 6. The van der Waals surface area contributed by atoms with E-state index >= 15 is 0 Å². The highest BCUT2D eigenvalue weighted by Gasteiger charge is 2.15. The number of aromatic nitrogens is 4. The summed E-state index contributed by atoms with van der Waals surface area (Å²) in [6, 6.07) is 11.8. The monoisotopic (exact) mass is 297 g/mol. The zero-order chi connectivity index (χ0) is 14.2. The third kappa shape index (κ3) is 2.17. The SMILES string of the molecule is Cc1ccc(Nc2nn3c(-c4ccco4)nnc3s2)cc1. The molecule has 0 amide bonds. The van der Waals surface area contributed by atoms with Crippen molar-refractivity contribution in [3.63, 3.8) is 0 Å². The molecule has 0 fully saturated rings. The lowest BCUT2D eigenvalue weighted by Gasteiger charge is -2.01. The van der Waals surface area contributed by atoms with Crippen LogP contribution in [-0.2, 0) is 0 Å². The maximum absolute atomic E-state index is 5.35. The summed E-state index contributed by atoms with van der Waals surface area (Å²) < 4.78 is 7.03. The lowest BCUT2D eigenvalue weighted by atomic mass is 10.2. The Morgan fingerprint density at radius 2 is 2.00 bits per heavy atom. The van der Waals surface area contributed by atoms with Crippen molar-refractivity contribution in [1.82, 2.24) is 19.8 Å². The Labute approximate surface area is 124 Å². The van der Waals surface area contributed by atoms with Gasteiger partial charge in [-0.05, 0) is 31.2 Å². The lowest BCUT2D eigenvalue weighted by Crippen LogP contribution is -1.93. The molecule has 0 aliphatic heterocycles. The summed E-state index contributed by atoms with van der Waals surface area (Å²) in [5.74, 6) is 1.25. The van der Waals surface area contributed by atoms with Gasteiger partial charge in [-0.25, -0.2) is 0 Å². The molecule has 0 saturated heterocycles. The van der Waals surface area contributed by atoms with Crippen molar-refractivity contribution in [1.29, 1.82) is 0 Å². The van der Waals surface area contributed by atoms with E-state index in [1.807, 2.05) is 24.3 Å². The summed E-state index contributed by atoms with van der Waals surface area (Å²) in [4.78, 5) is 0.719. The van der Waals surface area contributed by atoms with Gasteiger partial charge in [-0.2, -0.15) is 4.52 Å². The van der Waals surface area contributed by atoms with E-state index in [0.29, 0.717) is 11.6 Å². The van der Waals surface area contributed by atoms with Crippen molar-refractivity contribution < 1.29 is 4.42 Å². The smallest absolute Gasteiger partial charge is 0.236 e. The second-order valence-electron chi connectivity index (χ2n) is 4.59. The Kier molecular flexibility index (Phi) is 2.71. The van der Waals surface area contributed by atoms with E-state index in [4.69, 9.17) is 4.42 Å². The predicted molar refractivity (Wildman–Crippen MR) is 80.8 cm³/mol. The summed E-state index contributed by atoms with van der Waals surface area (Å²) in [6.07, 6.45) is 1.61. The molecule has 0 aliphatic rings. The largest absolute Gasteiger partial charge is 0.461 e. The number of benzene rings is 1. The van der Waals surface area contributed by atoms with Gasteiger partial charge in [0.15, 0.2) is 5.76 Å². The van der Waals surface area contributed by atoms with Gasteiger partial charge in [0.05, 0.1) is 6.26 Å². The Bertz CT molecular complexity index is 876. The quantitative estimate of drug-likeness (QED) is 0.627. The molecule has 0 unspecified atom stereocenters. The van der Waals surface area contributed by atoms with Gasteiger partial charge >= 0.3 is 0 Å². The maximum atomic E-state index is 5.35. The number of furan rings is 1. The third-order valence-electron chi connectivity index (χ3n) is 3.04. The van der Waals surface area contributed by atoms with Crippen molar-refractivity contribution in [3.8, 4) is 11.6 Å². The zero-order valence-electron chi connectivity index (χ0n) is 11.1. The molecule has 0 aliphatic carbocycles. The number of nitrogens with zero attached hydrogens (tertiary/aromatic N) is 4. The van der Waals surface area contributed by atoms with E-state index in [0.717, 1.165) is 15.8 Å². The minimum absolute atomic E-state index is 0.600. The number of fused-ring (bicyclic) bond motifs is 1. The number of rotatable bonds is 3. The highest BCUT2D eigenvalue weighted by molar-refractivity contribution is 7.20. The maximum Gasteiger partial charge on any atom is 0.236 e. The van der Waals surface area contributed by atoms with Crippen LogP contribution >= 0.6 is 11.3 Å². The summed E-state index contributed by atoms with van der Waals surface area (Å²) in [6.45, 7) is 2.06. The van der Waals surface area contributed by atoms with Crippen molar-refractivity contribution in [2.24, 2.45) is 0 Å². The van der Waals surface area contributed by atoms with Crippen molar-refractivity contribution in [2.45, 2.75) is 6.92 Å². The fourth-order valence-electron chi connectivity index (χ4n) is 1.99. The molecule has 1 aromatic carbocycles. The van der Waals surface area contributed by atoms with Crippen LogP contribution in [0.25, 0.3) is 16.5 Å². The fraction of sp³-hybridized carbons (Fsp3) is 0.0714. The predicted octanol–water partition coefficient (Wildman–Crippen LogP) is 3.50. The second-order valence-corrected chi connectivity index (χ2v) is 5.55. The van der Waals surface area contributed by atoms with Gasteiger partial charge in [0.2, 0.25) is 15.9 Å². The average Bonchev–Trinajstić information content (AvgIpc) is 3.17. The molecule has 3 aromatic heterocycles. The van der Waals surface area contributed by atoms with E-state index in [9.17, 15) is 0 Å². The van der Waals surface area contributed by atoms with Crippen LogP contribution in [-0.4, -0.2) is 19.8 Å². The van der Waals surface area contributed by atoms with E-state index in [2.05, 4.69) is 39.7 Å². The summed E-state index contributed by atoms with van der Waals surface area (Å²) >= 11 is 1.44. The first-order chi connectivity index (χ1) is 10.3. The average molecular weight is 297 g/mol. The Morgan fingerprint density at radius 3 is 2.76 bits per heavy atom. The highest BCUT2D eigenvalue weighted by Crippen LogP contribution is 2.26. The van der Waals surface area contributed by atoms with E-state index in [-0.39, 0.29) is 0 Å². The van der Waals surface area contributed by atoms with Gasteiger partial charge in [0, 0.05) is 5.69 Å². The summed E-state index contributed by atoms with van der Waals surface area (Å²) in [5, 5.41) is 16.7. The minimum Gasteiger partial charge on any atom is -0.461 e. The number of hydrogen-bond donors (Lipinski definition) is 1. The molecule has 0 spiro atoms. The molecule has 4 rings (SSSR count). The van der Waals surface area contributed by atoms with Crippen LogP contribution in [0.4, 0.5) is 10.8 Å². The van der Waals surface area contributed by atoms with Crippen LogP contribution in [0.3, 0.4) is 0 Å². The molecule has 0 radical (unpaired) electrons. The van der Waals surface area contributed by atoms with Crippen LogP contribution in [0.5, 0.6) is 0 Å². The van der Waals surface area contributed by atoms with Crippen LogP contribution in [0, 0.1) is 6.92 Å². The zero-order valence-corrected chi connectivity index (χ0v) is 12.0. The standard InChI is InChI=1S/C14H11N5OS/c1-9-4-6-10(7-5-9)15-13-18-19-12(11-3-2-8-20-11)16-17-14(19)21-13/h2-8H,1H3,(H,15,18). The van der Waals surface area contributed by atoms with Crippen LogP contribution in [0.1, 0.15) is 5.56 Å². The first-order valence-corrected chi connectivity index (χ1v) is 7.21. The fourth-order valence-corrected chi connectivity index (χ4v) is 2.75. The Balaban J connectivity index is 1.69. The first kappa shape index (κ1) is 12.1. The van der Waals surface area contributed by atoms with E-state index in [1.54, 1.807) is 10.8 Å². The van der Waals surface area contributed by atoms with Crippen LogP contribution in [0.15, 0.2) is 47.1 Å². The van der Waals surface area contributed by atoms with Gasteiger partial charge in [-0.3, -0.25) is 0 Å². The lowest BCUT2D eigenvalue weighted by molar-refractivity contribution is 0.575. The second kappa shape index (κ2) is 4.71. The third-order valence-corrected chi connectivity index (χ3v) is 3.85. The molecule has 7 heteroatoms. The minimum atomic E-state index is 0.600. The van der Waals surface area contributed by atoms with Crippen molar-refractivity contribution in [2.75, 3.05) is 5.32 Å². The van der Waals surface area contributed by atoms with Gasteiger partial charge in [-0.15, -0.1) is 15.3 Å². The van der Waals surface area contributed by atoms with Gasteiger partial charge in [-0.1, -0.05) is 29.0 Å². The Hall–Kier alpha value is -2.67. The molecule has 4 aromatic rings. The molecule has 1 N–H and O–H groups in total. The van der Waals surface area contributed by atoms with Crippen molar-refractivity contribution >= 4 is 27.1 Å². The van der Waals surface area contributed by atoms with Crippen molar-refractivity contribution in [3.05, 3.63) is 48.2 Å². The molecule has 0 saturated carbocycles. The summed E-state index contributed by atoms with van der Waals surface area (Å²) in [7, 11) is 0. The van der Waals surface area contributed by atoms with Crippen LogP contribution in [0.2, 0.25) is 0 Å². The summed E-state index contributed by atoms with van der Waals surface area (Å²) in [5.41, 5.74) is 2.21. The number of anilines is 2. The Morgan fingerprint density at radius 1 is 1.14 bits per heavy atom. The molecular formula is C14H11N5OS.